The van der Waals surface area contributed by atoms with Gasteiger partial charge in [-0.25, -0.2) is 4.79 Å². The van der Waals surface area contributed by atoms with E-state index in [1.165, 1.54) is 22.2 Å². The number of hydrogen-bond acceptors (Lipinski definition) is 2. The molecule has 0 radical (unpaired) electrons. The molecular weight excluding hydrogens is 236 g/mol. The van der Waals surface area contributed by atoms with Crippen LogP contribution in [0.25, 0.3) is 10.9 Å². The number of hydrogen-bond donors (Lipinski definition) is 0. The molecule has 2 aromatic rings. The predicted molar refractivity (Wildman–Crippen MR) is 76.0 cm³/mol. The normalized spacial score (nSPS) is 17.0. The van der Waals surface area contributed by atoms with Crippen LogP contribution < -0.4 is 0 Å². The minimum atomic E-state index is -0.304. The molecule has 1 aliphatic rings. The average Bonchev–Trinajstić information content (AvgIpc) is 2.59. The predicted octanol–water partition coefficient (Wildman–Crippen LogP) is 3.51. The lowest BCUT2D eigenvalue weighted by molar-refractivity contribution is 0.256. The molecule has 0 amide bonds. The van der Waals surface area contributed by atoms with Gasteiger partial charge in [0, 0.05) is 23.6 Å². The van der Waals surface area contributed by atoms with Gasteiger partial charge < -0.3 is 4.57 Å². The third-order valence-electron chi connectivity index (χ3n) is 4.79. The van der Waals surface area contributed by atoms with Gasteiger partial charge in [-0.05, 0) is 50.3 Å². The zero-order valence-electron chi connectivity index (χ0n) is 11.7. The first-order valence-corrected chi connectivity index (χ1v) is 6.74. The Morgan fingerprint density at radius 2 is 2.05 bits per heavy atom. The van der Waals surface area contributed by atoms with E-state index in [0.717, 1.165) is 24.8 Å². The molecule has 0 saturated heterocycles. The number of isocyanates is 1. The summed E-state index contributed by atoms with van der Waals surface area (Å²) in [4.78, 5) is 14.8. The lowest BCUT2D eigenvalue weighted by Gasteiger charge is -2.37. The summed E-state index contributed by atoms with van der Waals surface area (Å²) in [6, 6.07) is 6.47. The van der Waals surface area contributed by atoms with E-state index in [4.69, 9.17) is 0 Å². The molecule has 0 spiro atoms. The molecule has 1 aromatic carbocycles. The fourth-order valence-corrected chi connectivity index (χ4v) is 3.11. The van der Waals surface area contributed by atoms with E-state index in [0.29, 0.717) is 0 Å². The molecule has 98 valence electrons. The maximum atomic E-state index is 10.7. The van der Waals surface area contributed by atoms with E-state index in [2.05, 4.69) is 48.7 Å². The van der Waals surface area contributed by atoms with E-state index in [1.54, 1.807) is 6.08 Å². The molecule has 0 unspecified atom stereocenters. The maximum absolute atomic E-state index is 10.7. The second-order valence-electron chi connectivity index (χ2n) is 5.59. The summed E-state index contributed by atoms with van der Waals surface area (Å²) >= 11 is 0. The molecule has 19 heavy (non-hydrogen) atoms. The van der Waals surface area contributed by atoms with Gasteiger partial charge in [0.2, 0.25) is 6.08 Å². The van der Waals surface area contributed by atoms with Crippen LogP contribution in [0.2, 0.25) is 0 Å². The van der Waals surface area contributed by atoms with Gasteiger partial charge in [-0.1, -0.05) is 12.1 Å². The Kier molecular flexibility index (Phi) is 2.61. The van der Waals surface area contributed by atoms with Crippen LogP contribution in [0, 0.1) is 13.8 Å². The molecule has 3 nitrogen and oxygen atoms in total. The van der Waals surface area contributed by atoms with Gasteiger partial charge in [0.1, 0.15) is 0 Å². The summed E-state index contributed by atoms with van der Waals surface area (Å²) in [6.45, 7) is 4.29. The van der Waals surface area contributed by atoms with Crippen LogP contribution >= 0.6 is 0 Å². The molecule has 3 heteroatoms. The van der Waals surface area contributed by atoms with Crippen LogP contribution in [-0.2, 0) is 17.4 Å². The Morgan fingerprint density at radius 3 is 2.63 bits per heavy atom. The highest BCUT2D eigenvalue weighted by Crippen LogP contribution is 2.45. The standard InChI is InChI=1S/C16H18N2O/c1-11-12(2)18(3)15-9-13(5-6-14(11)15)16(17-10-19)7-4-8-16/h5-6,9H,4,7-8H2,1-3H3. The van der Waals surface area contributed by atoms with Crippen molar-refractivity contribution in [2.45, 2.75) is 38.6 Å². The summed E-state index contributed by atoms with van der Waals surface area (Å²) in [6.07, 6.45) is 4.80. The largest absolute Gasteiger partial charge is 0.348 e. The van der Waals surface area contributed by atoms with Crippen LogP contribution in [0.15, 0.2) is 23.2 Å². The number of rotatable bonds is 2. The fourth-order valence-electron chi connectivity index (χ4n) is 3.11. The summed E-state index contributed by atoms with van der Waals surface area (Å²) in [5, 5.41) is 1.29. The molecule has 1 heterocycles. The SMILES string of the molecule is Cc1c(C)n(C)c2cc(C3(N=C=O)CCC3)ccc12. The second-order valence-corrected chi connectivity index (χ2v) is 5.59. The number of benzene rings is 1. The van der Waals surface area contributed by atoms with Crippen LogP contribution in [0.1, 0.15) is 36.1 Å². The number of aliphatic imine (C=N–C) groups is 1. The number of carbonyl (C=O) groups excluding carboxylic acids is 1. The smallest absolute Gasteiger partial charge is 0.235 e. The summed E-state index contributed by atoms with van der Waals surface area (Å²) in [5.74, 6) is 0. The zero-order chi connectivity index (χ0) is 13.6. The first kappa shape index (κ1) is 12.2. The van der Waals surface area contributed by atoms with Gasteiger partial charge in [0.15, 0.2) is 0 Å². The Hall–Kier alpha value is -1.86. The Balaban J connectivity index is 2.22. The molecule has 0 aliphatic heterocycles. The topological polar surface area (TPSA) is 34.4 Å². The monoisotopic (exact) mass is 254 g/mol. The van der Waals surface area contributed by atoms with Crippen molar-refractivity contribution < 1.29 is 4.79 Å². The first-order valence-electron chi connectivity index (χ1n) is 6.74. The van der Waals surface area contributed by atoms with E-state index < -0.39 is 0 Å². The molecule has 1 fully saturated rings. The van der Waals surface area contributed by atoms with Gasteiger partial charge in [0.05, 0.1) is 5.54 Å². The van der Waals surface area contributed by atoms with Crippen molar-refractivity contribution in [3.05, 3.63) is 35.0 Å². The molecular formula is C16H18N2O. The van der Waals surface area contributed by atoms with E-state index in [1.807, 2.05) is 0 Å². The summed E-state index contributed by atoms with van der Waals surface area (Å²) < 4.78 is 2.21. The van der Waals surface area contributed by atoms with Crippen LogP contribution in [0.3, 0.4) is 0 Å². The van der Waals surface area contributed by atoms with E-state index in [9.17, 15) is 4.79 Å². The Morgan fingerprint density at radius 1 is 1.32 bits per heavy atom. The molecule has 1 aliphatic carbocycles. The minimum absolute atomic E-state index is 0.304. The van der Waals surface area contributed by atoms with Gasteiger partial charge in [0.25, 0.3) is 0 Å². The van der Waals surface area contributed by atoms with Crippen molar-refractivity contribution in [1.82, 2.24) is 4.57 Å². The van der Waals surface area contributed by atoms with Crippen molar-refractivity contribution in [3.8, 4) is 0 Å². The van der Waals surface area contributed by atoms with Crippen LogP contribution in [0.4, 0.5) is 0 Å². The van der Waals surface area contributed by atoms with Crippen LogP contribution in [0.5, 0.6) is 0 Å². The second kappa shape index (κ2) is 4.07. The van der Waals surface area contributed by atoms with Crippen molar-refractivity contribution in [2.75, 3.05) is 0 Å². The number of nitrogens with zero attached hydrogens (tertiary/aromatic N) is 2. The van der Waals surface area contributed by atoms with Crippen LogP contribution in [-0.4, -0.2) is 10.6 Å². The molecule has 0 atom stereocenters. The zero-order valence-corrected chi connectivity index (χ0v) is 11.7. The first-order chi connectivity index (χ1) is 9.09. The summed E-state index contributed by atoms with van der Waals surface area (Å²) in [7, 11) is 2.09. The van der Waals surface area contributed by atoms with Crippen molar-refractivity contribution >= 4 is 17.0 Å². The van der Waals surface area contributed by atoms with Gasteiger partial charge >= 0.3 is 0 Å². The Bertz CT molecular complexity index is 701. The lowest BCUT2D eigenvalue weighted by atomic mass is 9.72. The van der Waals surface area contributed by atoms with Gasteiger partial charge in [-0.2, -0.15) is 4.99 Å². The van der Waals surface area contributed by atoms with Crippen molar-refractivity contribution in [2.24, 2.45) is 12.0 Å². The van der Waals surface area contributed by atoms with Crippen molar-refractivity contribution in [3.63, 3.8) is 0 Å². The molecule has 0 N–H and O–H groups in total. The highest BCUT2D eigenvalue weighted by molar-refractivity contribution is 5.86. The van der Waals surface area contributed by atoms with Gasteiger partial charge in [-0.15, -0.1) is 0 Å². The van der Waals surface area contributed by atoms with Crippen molar-refractivity contribution in [1.29, 1.82) is 0 Å². The highest BCUT2D eigenvalue weighted by atomic mass is 16.1. The van der Waals surface area contributed by atoms with E-state index >= 15 is 0 Å². The summed E-state index contributed by atoms with van der Waals surface area (Å²) in [5.41, 5.74) is 4.68. The molecule has 1 saturated carbocycles. The minimum Gasteiger partial charge on any atom is -0.348 e. The fraction of sp³-hybridized carbons (Fsp3) is 0.438. The van der Waals surface area contributed by atoms with Gasteiger partial charge in [-0.3, -0.25) is 0 Å². The number of aromatic nitrogens is 1. The van der Waals surface area contributed by atoms with E-state index in [-0.39, 0.29) is 5.54 Å². The quantitative estimate of drug-likeness (QED) is 0.596. The molecule has 1 aromatic heterocycles. The third-order valence-corrected chi connectivity index (χ3v) is 4.79. The molecule has 3 rings (SSSR count). The lowest BCUT2D eigenvalue weighted by Crippen LogP contribution is -2.31. The average molecular weight is 254 g/mol. The molecule has 0 bridgehead atoms. The highest BCUT2D eigenvalue weighted by Gasteiger charge is 2.39. The Labute approximate surface area is 113 Å². The maximum Gasteiger partial charge on any atom is 0.235 e. The number of fused-ring (bicyclic) bond motifs is 1. The number of aryl methyl sites for hydroxylation is 2. The third kappa shape index (κ3) is 1.58.